The molecule has 28 heavy (non-hydrogen) atoms. The summed E-state index contributed by atoms with van der Waals surface area (Å²) in [7, 11) is 2.15. The number of nitrogens with two attached hydrogens (primary N) is 1. The summed E-state index contributed by atoms with van der Waals surface area (Å²) >= 11 is 0. The molecule has 0 unspecified atom stereocenters. The highest BCUT2D eigenvalue weighted by Crippen LogP contribution is 2.30. The van der Waals surface area contributed by atoms with E-state index in [1.807, 2.05) is 19.2 Å². The second kappa shape index (κ2) is 7.56. The van der Waals surface area contributed by atoms with E-state index in [0.29, 0.717) is 18.3 Å². The molecule has 4 rings (SSSR count). The molecule has 0 spiro atoms. The number of fused-ring (bicyclic) bond motifs is 1. The first kappa shape index (κ1) is 18.4. The van der Waals surface area contributed by atoms with E-state index in [1.54, 1.807) is 12.4 Å². The van der Waals surface area contributed by atoms with Crippen LogP contribution < -0.4 is 10.5 Å². The van der Waals surface area contributed by atoms with Gasteiger partial charge in [-0.25, -0.2) is 9.97 Å². The predicted octanol–water partition coefficient (Wildman–Crippen LogP) is 3.30. The monoisotopic (exact) mass is 375 g/mol. The van der Waals surface area contributed by atoms with Crippen LogP contribution in [0.3, 0.4) is 0 Å². The molecule has 0 bridgehead atoms. The molecule has 2 N–H and O–H groups in total. The molecule has 0 saturated carbocycles. The van der Waals surface area contributed by atoms with Crippen LogP contribution in [0.2, 0.25) is 0 Å². The third-order valence-corrected chi connectivity index (χ3v) is 5.31. The van der Waals surface area contributed by atoms with Crippen LogP contribution in [-0.4, -0.2) is 33.4 Å². The van der Waals surface area contributed by atoms with Gasteiger partial charge in [-0.3, -0.25) is 4.98 Å². The number of nitrogens with zero attached hydrogens (tertiary/aromatic N) is 4. The maximum Gasteiger partial charge on any atom is 0.258 e. The lowest BCUT2D eigenvalue weighted by molar-refractivity contribution is 0.294. The molecule has 0 atom stereocenters. The molecule has 3 aromatic rings. The number of hydrogen-bond donors (Lipinski definition) is 1. The summed E-state index contributed by atoms with van der Waals surface area (Å²) in [5, 5.41) is 0. The van der Waals surface area contributed by atoms with Crippen LogP contribution in [0.4, 0.5) is 5.82 Å². The van der Waals surface area contributed by atoms with E-state index in [1.165, 1.54) is 16.7 Å². The van der Waals surface area contributed by atoms with Gasteiger partial charge in [0.25, 0.3) is 5.88 Å². The lowest BCUT2D eigenvalue weighted by Crippen LogP contribution is -2.27. The fourth-order valence-electron chi connectivity index (χ4n) is 3.65. The number of benzene rings is 1. The molecule has 3 heterocycles. The fraction of sp³-hybridized carbons (Fsp3) is 0.318. The van der Waals surface area contributed by atoms with Gasteiger partial charge in [0.1, 0.15) is 6.61 Å². The number of aromatic nitrogens is 3. The van der Waals surface area contributed by atoms with Crippen molar-refractivity contribution in [3.63, 3.8) is 0 Å². The zero-order valence-corrected chi connectivity index (χ0v) is 16.6. The highest BCUT2D eigenvalue weighted by molar-refractivity contribution is 5.64. The third kappa shape index (κ3) is 3.68. The highest BCUT2D eigenvalue weighted by atomic mass is 16.5. The molecular formula is C22H25N5O. The fourth-order valence-corrected chi connectivity index (χ4v) is 3.65. The molecule has 1 aliphatic heterocycles. The summed E-state index contributed by atoms with van der Waals surface area (Å²) in [4.78, 5) is 15.4. The minimum Gasteiger partial charge on any atom is -0.470 e. The summed E-state index contributed by atoms with van der Waals surface area (Å²) in [6, 6.07) is 6.34. The average Bonchev–Trinajstić information content (AvgIpc) is 2.68. The standard InChI is InChI=1S/C22H25N5O/c1-14-8-17(9-18-12-27(3)7-5-19(14)18)20-11-25-21(23)22(26-20)28-13-16-4-6-24-10-15(16)2/h4,6,8-11H,5,7,12-13H2,1-3H3,(H2,23,25). The summed E-state index contributed by atoms with van der Waals surface area (Å²) < 4.78 is 5.89. The molecule has 0 radical (unpaired) electrons. The SMILES string of the molecule is Cc1cnccc1COc1nc(-c2cc(C)c3c(c2)CN(C)CC3)cnc1N. The van der Waals surface area contributed by atoms with Crippen molar-refractivity contribution >= 4 is 5.82 Å². The smallest absolute Gasteiger partial charge is 0.258 e. The van der Waals surface area contributed by atoms with E-state index in [-0.39, 0.29) is 0 Å². The van der Waals surface area contributed by atoms with E-state index < -0.39 is 0 Å². The van der Waals surface area contributed by atoms with Crippen LogP contribution in [0.1, 0.15) is 27.8 Å². The number of ether oxygens (including phenoxy) is 1. The molecule has 0 saturated heterocycles. The van der Waals surface area contributed by atoms with Crippen molar-refractivity contribution < 1.29 is 4.74 Å². The Morgan fingerprint density at radius 3 is 2.86 bits per heavy atom. The van der Waals surface area contributed by atoms with Crippen molar-refractivity contribution in [2.24, 2.45) is 0 Å². The number of rotatable bonds is 4. The van der Waals surface area contributed by atoms with E-state index in [4.69, 9.17) is 10.5 Å². The lowest BCUT2D eigenvalue weighted by atomic mass is 9.92. The zero-order chi connectivity index (χ0) is 19.7. The van der Waals surface area contributed by atoms with Crippen molar-refractivity contribution in [2.45, 2.75) is 33.4 Å². The largest absolute Gasteiger partial charge is 0.470 e. The second-order valence-electron chi connectivity index (χ2n) is 7.46. The van der Waals surface area contributed by atoms with E-state index in [9.17, 15) is 0 Å². The van der Waals surface area contributed by atoms with E-state index in [2.05, 4.69) is 46.0 Å². The summed E-state index contributed by atoms with van der Waals surface area (Å²) in [6.45, 7) is 6.61. The molecule has 6 heteroatoms. The van der Waals surface area contributed by atoms with Crippen molar-refractivity contribution in [3.8, 4) is 17.1 Å². The molecule has 0 amide bonds. The quantitative estimate of drug-likeness (QED) is 0.754. The Morgan fingerprint density at radius 1 is 1.18 bits per heavy atom. The number of likely N-dealkylation sites (N-methyl/N-ethyl adjacent to an activating group) is 1. The molecular weight excluding hydrogens is 350 g/mol. The van der Waals surface area contributed by atoms with Gasteiger partial charge < -0.3 is 15.4 Å². The summed E-state index contributed by atoms with van der Waals surface area (Å²) in [6.07, 6.45) is 6.37. The van der Waals surface area contributed by atoms with Crippen LogP contribution in [0.25, 0.3) is 11.3 Å². The summed E-state index contributed by atoms with van der Waals surface area (Å²) in [5.74, 6) is 0.658. The first-order valence-electron chi connectivity index (χ1n) is 9.47. The lowest BCUT2D eigenvalue weighted by Gasteiger charge is -2.27. The Labute approximate surface area is 165 Å². The normalized spacial score (nSPS) is 14.0. The van der Waals surface area contributed by atoms with Gasteiger partial charge in [-0.05, 0) is 73.3 Å². The van der Waals surface area contributed by atoms with Crippen LogP contribution in [0, 0.1) is 13.8 Å². The Morgan fingerprint density at radius 2 is 2.04 bits per heavy atom. The second-order valence-corrected chi connectivity index (χ2v) is 7.46. The molecule has 1 aromatic carbocycles. The number of pyridine rings is 1. The van der Waals surface area contributed by atoms with E-state index in [0.717, 1.165) is 41.9 Å². The van der Waals surface area contributed by atoms with Crippen molar-refractivity contribution in [1.82, 2.24) is 19.9 Å². The first-order valence-corrected chi connectivity index (χ1v) is 9.47. The van der Waals surface area contributed by atoms with E-state index >= 15 is 0 Å². The van der Waals surface area contributed by atoms with Gasteiger partial charge in [0.2, 0.25) is 0 Å². The summed E-state index contributed by atoms with van der Waals surface area (Å²) in [5.41, 5.74) is 14.1. The van der Waals surface area contributed by atoms with Crippen molar-refractivity contribution in [2.75, 3.05) is 19.3 Å². The van der Waals surface area contributed by atoms with Gasteiger partial charge in [-0.1, -0.05) is 0 Å². The van der Waals surface area contributed by atoms with Gasteiger partial charge in [0, 0.05) is 31.0 Å². The Hall–Kier alpha value is -2.99. The maximum atomic E-state index is 6.01. The van der Waals surface area contributed by atoms with Gasteiger partial charge in [0.15, 0.2) is 5.82 Å². The minimum atomic E-state index is 0.296. The molecule has 0 aliphatic carbocycles. The van der Waals surface area contributed by atoms with Crippen LogP contribution in [-0.2, 0) is 19.6 Å². The number of anilines is 1. The van der Waals surface area contributed by atoms with Gasteiger partial charge >= 0.3 is 0 Å². The Kier molecular flexibility index (Phi) is 4.96. The minimum absolute atomic E-state index is 0.296. The topological polar surface area (TPSA) is 77.2 Å². The number of hydrogen-bond acceptors (Lipinski definition) is 6. The van der Waals surface area contributed by atoms with Crippen LogP contribution >= 0.6 is 0 Å². The Bertz CT molecular complexity index is 1020. The first-order chi connectivity index (χ1) is 13.5. The maximum absolute atomic E-state index is 6.01. The average molecular weight is 375 g/mol. The molecule has 1 aliphatic rings. The molecule has 6 nitrogen and oxygen atoms in total. The van der Waals surface area contributed by atoms with Crippen LogP contribution in [0.5, 0.6) is 5.88 Å². The highest BCUT2D eigenvalue weighted by Gasteiger charge is 2.17. The number of nitrogen functional groups attached to an aromatic ring is 1. The molecule has 0 fully saturated rings. The molecule has 2 aromatic heterocycles. The van der Waals surface area contributed by atoms with Gasteiger partial charge in [-0.15, -0.1) is 0 Å². The van der Waals surface area contributed by atoms with Crippen LogP contribution in [0.15, 0.2) is 36.8 Å². The van der Waals surface area contributed by atoms with Gasteiger partial charge in [0.05, 0.1) is 11.9 Å². The molecule has 144 valence electrons. The number of aryl methyl sites for hydroxylation is 2. The van der Waals surface area contributed by atoms with Crippen molar-refractivity contribution in [1.29, 1.82) is 0 Å². The zero-order valence-electron chi connectivity index (χ0n) is 16.6. The third-order valence-electron chi connectivity index (χ3n) is 5.31. The van der Waals surface area contributed by atoms with Gasteiger partial charge in [-0.2, -0.15) is 0 Å². The Balaban J connectivity index is 1.63. The predicted molar refractivity (Wildman–Crippen MR) is 110 cm³/mol. The van der Waals surface area contributed by atoms with Crippen molar-refractivity contribution in [3.05, 3.63) is 64.6 Å².